The maximum absolute atomic E-state index is 13.1. The van der Waals surface area contributed by atoms with E-state index in [-0.39, 0.29) is 16.5 Å². The molecule has 1 heterocycles. The van der Waals surface area contributed by atoms with Gasteiger partial charge in [-0.25, -0.2) is 18.7 Å². The Morgan fingerprint density at radius 2 is 1.84 bits per heavy atom. The minimum absolute atomic E-state index is 0.0604. The van der Waals surface area contributed by atoms with Gasteiger partial charge in [0, 0.05) is 11.4 Å². The Morgan fingerprint density at radius 1 is 1.00 bits per heavy atom. The molecule has 25 heavy (non-hydrogen) atoms. The van der Waals surface area contributed by atoms with Crippen LogP contribution in [-0.2, 0) is 0 Å². The largest absolute Gasteiger partial charge is 0.339 e. The van der Waals surface area contributed by atoms with Crippen molar-refractivity contribution in [1.29, 1.82) is 0 Å². The highest BCUT2D eigenvalue weighted by atomic mass is 35.5. The summed E-state index contributed by atoms with van der Waals surface area (Å²) in [5.74, 6) is -1.13. The zero-order valence-corrected chi connectivity index (χ0v) is 13.4. The summed E-state index contributed by atoms with van der Waals surface area (Å²) in [6, 6.07) is 9.68. The van der Waals surface area contributed by atoms with Gasteiger partial charge in [-0.1, -0.05) is 17.7 Å². The molecule has 2 N–H and O–H groups in total. The molecule has 0 bridgehead atoms. The normalized spacial score (nSPS) is 10.4. The molecule has 1 amide bonds. The lowest BCUT2D eigenvalue weighted by atomic mass is 10.3. The second-order valence-electron chi connectivity index (χ2n) is 5.01. The first-order valence-electron chi connectivity index (χ1n) is 7.12. The number of benzene rings is 2. The predicted molar refractivity (Wildman–Crippen MR) is 91.1 cm³/mol. The van der Waals surface area contributed by atoms with Gasteiger partial charge in [-0.2, -0.15) is 0 Å². The fourth-order valence-corrected chi connectivity index (χ4v) is 2.17. The minimum Gasteiger partial charge on any atom is -0.339 e. The van der Waals surface area contributed by atoms with Gasteiger partial charge in [0.25, 0.3) is 5.91 Å². The third-order valence-corrected chi connectivity index (χ3v) is 3.45. The van der Waals surface area contributed by atoms with Crippen molar-refractivity contribution in [2.24, 2.45) is 0 Å². The Bertz CT molecular complexity index is 919. The van der Waals surface area contributed by atoms with Crippen LogP contribution in [0.4, 0.5) is 26.0 Å². The molecule has 3 rings (SSSR count). The number of aromatic nitrogens is 2. The average Bonchev–Trinajstić information content (AvgIpc) is 2.59. The number of hydrogen-bond acceptors (Lipinski definition) is 4. The fraction of sp³-hybridized carbons (Fsp3) is 0. The second-order valence-corrected chi connectivity index (χ2v) is 5.41. The summed E-state index contributed by atoms with van der Waals surface area (Å²) in [6.45, 7) is 0. The van der Waals surface area contributed by atoms with E-state index < -0.39 is 11.7 Å². The van der Waals surface area contributed by atoms with Crippen molar-refractivity contribution in [3.05, 3.63) is 77.2 Å². The van der Waals surface area contributed by atoms with Gasteiger partial charge >= 0.3 is 0 Å². The topological polar surface area (TPSA) is 66.9 Å². The summed E-state index contributed by atoms with van der Waals surface area (Å²) in [6.07, 6.45) is 2.61. The van der Waals surface area contributed by atoms with E-state index in [1.165, 1.54) is 36.7 Å². The number of carbonyl (C=O) groups is 1. The first-order valence-corrected chi connectivity index (χ1v) is 7.50. The highest BCUT2D eigenvalue weighted by Gasteiger charge is 2.10. The Morgan fingerprint density at radius 3 is 2.52 bits per heavy atom. The molecule has 0 aliphatic heterocycles. The van der Waals surface area contributed by atoms with Crippen molar-refractivity contribution in [1.82, 2.24) is 9.97 Å². The van der Waals surface area contributed by atoms with Crippen LogP contribution in [0.25, 0.3) is 0 Å². The minimum atomic E-state index is -0.577. The van der Waals surface area contributed by atoms with E-state index >= 15 is 0 Å². The van der Waals surface area contributed by atoms with Gasteiger partial charge in [0.05, 0.1) is 17.4 Å². The molecule has 0 spiro atoms. The van der Waals surface area contributed by atoms with Crippen LogP contribution in [0.5, 0.6) is 0 Å². The van der Waals surface area contributed by atoms with Gasteiger partial charge in [-0.05, 0) is 36.4 Å². The highest BCUT2D eigenvalue weighted by Crippen LogP contribution is 2.20. The summed E-state index contributed by atoms with van der Waals surface area (Å²) < 4.78 is 26.2. The highest BCUT2D eigenvalue weighted by molar-refractivity contribution is 6.31. The molecule has 0 radical (unpaired) electrons. The first kappa shape index (κ1) is 16.8. The van der Waals surface area contributed by atoms with Crippen molar-refractivity contribution in [3.63, 3.8) is 0 Å². The van der Waals surface area contributed by atoms with E-state index in [0.717, 1.165) is 6.07 Å². The first-order chi connectivity index (χ1) is 12.0. The van der Waals surface area contributed by atoms with Gasteiger partial charge in [0.1, 0.15) is 23.1 Å². The van der Waals surface area contributed by atoms with Gasteiger partial charge in [0.2, 0.25) is 0 Å². The van der Waals surface area contributed by atoms with E-state index in [1.807, 2.05) is 0 Å². The molecule has 8 heteroatoms. The van der Waals surface area contributed by atoms with Gasteiger partial charge in [-0.3, -0.25) is 4.79 Å². The smallest absolute Gasteiger partial charge is 0.275 e. The molecular formula is C17H11ClF2N4O. The number of amides is 1. The van der Waals surface area contributed by atoms with Crippen LogP contribution in [-0.4, -0.2) is 15.9 Å². The molecule has 0 saturated heterocycles. The van der Waals surface area contributed by atoms with Crippen LogP contribution in [0.3, 0.4) is 0 Å². The molecular weight excluding hydrogens is 350 g/mol. The van der Waals surface area contributed by atoms with Crippen molar-refractivity contribution in [2.75, 3.05) is 10.6 Å². The van der Waals surface area contributed by atoms with Crippen molar-refractivity contribution in [2.45, 2.75) is 0 Å². The zero-order valence-electron chi connectivity index (χ0n) is 12.6. The summed E-state index contributed by atoms with van der Waals surface area (Å²) in [5.41, 5.74) is 0.901. The monoisotopic (exact) mass is 360 g/mol. The summed E-state index contributed by atoms with van der Waals surface area (Å²) in [4.78, 5) is 20.2. The molecule has 0 aliphatic rings. The summed E-state index contributed by atoms with van der Waals surface area (Å²) in [7, 11) is 0. The van der Waals surface area contributed by atoms with E-state index in [2.05, 4.69) is 20.6 Å². The van der Waals surface area contributed by atoms with Crippen LogP contribution < -0.4 is 10.6 Å². The Balaban J connectivity index is 1.68. The van der Waals surface area contributed by atoms with Gasteiger partial charge in [0.15, 0.2) is 0 Å². The Hall–Kier alpha value is -3.06. The zero-order chi connectivity index (χ0) is 17.8. The average molecular weight is 361 g/mol. The number of rotatable bonds is 4. The fourth-order valence-electron chi connectivity index (χ4n) is 1.99. The number of halogens is 3. The van der Waals surface area contributed by atoms with Gasteiger partial charge in [-0.15, -0.1) is 0 Å². The lowest BCUT2D eigenvalue weighted by Crippen LogP contribution is -2.14. The van der Waals surface area contributed by atoms with E-state index in [1.54, 1.807) is 12.1 Å². The molecule has 0 saturated carbocycles. The number of nitrogens with one attached hydrogen (secondary N) is 2. The van der Waals surface area contributed by atoms with Crippen LogP contribution in [0.15, 0.2) is 54.9 Å². The standard InChI is InChI=1S/C17H11ClF2N4O/c18-13-7-12(4-5-14(13)20)24-17(25)15-8-22-16(9-21-15)23-11-3-1-2-10(19)6-11/h1-9H,(H,22,23)(H,24,25). The van der Waals surface area contributed by atoms with Crippen molar-refractivity contribution >= 4 is 34.7 Å². The summed E-state index contributed by atoms with van der Waals surface area (Å²) >= 11 is 5.66. The number of hydrogen-bond donors (Lipinski definition) is 2. The molecule has 126 valence electrons. The second kappa shape index (κ2) is 7.23. The molecule has 2 aromatic carbocycles. The van der Waals surface area contributed by atoms with E-state index in [9.17, 15) is 13.6 Å². The molecule has 1 aromatic heterocycles. The van der Waals surface area contributed by atoms with E-state index in [4.69, 9.17) is 11.6 Å². The predicted octanol–water partition coefficient (Wildman–Crippen LogP) is 4.40. The van der Waals surface area contributed by atoms with Crippen LogP contribution in [0, 0.1) is 11.6 Å². The number of nitrogens with zero attached hydrogens (tertiary/aromatic N) is 2. The van der Waals surface area contributed by atoms with Crippen LogP contribution in [0.1, 0.15) is 10.5 Å². The lowest BCUT2D eigenvalue weighted by Gasteiger charge is -2.07. The summed E-state index contributed by atoms with van der Waals surface area (Å²) in [5, 5.41) is 5.31. The SMILES string of the molecule is O=C(Nc1ccc(F)c(Cl)c1)c1cnc(Nc2cccc(F)c2)cn1. The number of anilines is 3. The molecule has 3 aromatic rings. The molecule has 5 nitrogen and oxygen atoms in total. The van der Waals surface area contributed by atoms with Crippen molar-refractivity contribution in [3.8, 4) is 0 Å². The Labute approximate surface area is 146 Å². The van der Waals surface area contributed by atoms with Crippen LogP contribution in [0.2, 0.25) is 5.02 Å². The van der Waals surface area contributed by atoms with Crippen LogP contribution >= 0.6 is 11.6 Å². The maximum atomic E-state index is 13.1. The third kappa shape index (κ3) is 4.27. The maximum Gasteiger partial charge on any atom is 0.275 e. The molecule has 0 aliphatic carbocycles. The van der Waals surface area contributed by atoms with Crippen molar-refractivity contribution < 1.29 is 13.6 Å². The Kier molecular flexibility index (Phi) is 4.85. The lowest BCUT2D eigenvalue weighted by molar-refractivity contribution is 0.102. The third-order valence-electron chi connectivity index (χ3n) is 3.16. The molecule has 0 fully saturated rings. The van der Waals surface area contributed by atoms with Gasteiger partial charge < -0.3 is 10.6 Å². The van der Waals surface area contributed by atoms with E-state index in [0.29, 0.717) is 17.2 Å². The molecule has 0 atom stereocenters. The molecule has 0 unspecified atom stereocenters. The quantitative estimate of drug-likeness (QED) is 0.723. The number of carbonyl (C=O) groups excluding carboxylic acids is 1.